The quantitative estimate of drug-likeness (QED) is 0.856. The van der Waals surface area contributed by atoms with E-state index in [0.717, 1.165) is 17.7 Å². The molecule has 20 heavy (non-hydrogen) atoms. The Bertz CT molecular complexity index is 524. The Labute approximate surface area is 121 Å². The Morgan fingerprint density at radius 2 is 1.65 bits per heavy atom. The van der Waals surface area contributed by atoms with Crippen LogP contribution in [0.4, 0.5) is 0 Å². The van der Waals surface area contributed by atoms with Crippen LogP contribution >= 0.6 is 0 Å². The van der Waals surface area contributed by atoms with Gasteiger partial charge in [-0.3, -0.25) is 0 Å². The molecule has 0 aromatic heterocycles. The maximum absolute atomic E-state index is 6.14. The predicted molar refractivity (Wildman–Crippen MR) is 84.8 cm³/mol. The van der Waals surface area contributed by atoms with Crippen molar-refractivity contribution < 1.29 is 4.74 Å². The lowest BCUT2D eigenvalue weighted by Gasteiger charge is -2.20. The molecule has 0 aliphatic rings. The third-order valence-corrected chi connectivity index (χ3v) is 3.78. The molecule has 0 spiro atoms. The van der Waals surface area contributed by atoms with Crippen LogP contribution in [0, 0.1) is 5.92 Å². The SMILES string of the molecule is CCC(C)C(N)COc1ccccc1-c1ccccc1. The first-order valence-electron chi connectivity index (χ1n) is 7.25. The molecule has 0 bridgehead atoms. The van der Waals surface area contributed by atoms with Crippen molar-refractivity contribution in [3.05, 3.63) is 54.6 Å². The Hall–Kier alpha value is -1.80. The van der Waals surface area contributed by atoms with E-state index < -0.39 is 0 Å². The van der Waals surface area contributed by atoms with E-state index in [1.807, 2.05) is 36.4 Å². The number of para-hydroxylation sites is 1. The fourth-order valence-electron chi connectivity index (χ4n) is 2.10. The normalized spacial score (nSPS) is 13.8. The maximum Gasteiger partial charge on any atom is 0.127 e. The smallest absolute Gasteiger partial charge is 0.127 e. The van der Waals surface area contributed by atoms with Gasteiger partial charge in [-0.25, -0.2) is 0 Å². The molecule has 0 saturated heterocycles. The van der Waals surface area contributed by atoms with Crippen molar-refractivity contribution >= 4 is 0 Å². The monoisotopic (exact) mass is 269 g/mol. The second-order valence-electron chi connectivity index (χ2n) is 5.22. The molecule has 2 rings (SSSR count). The van der Waals surface area contributed by atoms with Crippen molar-refractivity contribution in [3.8, 4) is 16.9 Å². The first kappa shape index (κ1) is 14.6. The average molecular weight is 269 g/mol. The summed E-state index contributed by atoms with van der Waals surface area (Å²) in [5, 5.41) is 0. The number of hydrogen-bond donors (Lipinski definition) is 1. The fourth-order valence-corrected chi connectivity index (χ4v) is 2.10. The Balaban J connectivity index is 2.13. The van der Waals surface area contributed by atoms with Gasteiger partial charge < -0.3 is 10.5 Å². The van der Waals surface area contributed by atoms with Gasteiger partial charge in [0.2, 0.25) is 0 Å². The lowest BCUT2D eigenvalue weighted by molar-refractivity contribution is 0.251. The van der Waals surface area contributed by atoms with Crippen molar-refractivity contribution in [3.63, 3.8) is 0 Å². The van der Waals surface area contributed by atoms with Crippen molar-refractivity contribution in [1.29, 1.82) is 0 Å². The molecule has 2 aromatic carbocycles. The van der Waals surface area contributed by atoms with Gasteiger partial charge in [0.05, 0.1) is 0 Å². The van der Waals surface area contributed by atoms with Gasteiger partial charge in [0.15, 0.2) is 0 Å². The Morgan fingerprint density at radius 1 is 1.00 bits per heavy atom. The number of benzene rings is 2. The molecular formula is C18H23NO. The van der Waals surface area contributed by atoms with Crippen molar-refractivity contribution in [2.45, 2.75) is 26.3 Å². The Kier molecular flexibility index (Phi) is 5.19. The molecule has 2 unspecified atom stereocenters. The second-order valence-corrected chi connectivity index (χ2v) is 5.22. The summed E-state index contributed by atoms with van der Waals surface area (Å²) in [6.07, 6.45) is 1.07. The first-order valence-corrected chi connectivity index (χ1v) is 7.25. The van der Waals surface area contributed by atoms with Crippen LogP contribution in [0.3, 0.4) is 0 Å². The highest BCUT2D eigenvalue weighted by Gasteiger charge is 2.12. The van der Waals surface area contributed by atoms with E-state index in [2.05, 4.69) is 32.0 Å². The third-order valence-electron chi connectivity index (χ3n) is 3.78. The molecule has 2 aromatic rings. The van der Waals surface area contributed by atoms with E-state index in [0.29, 0.717) is 12.5 Å². The largest absolute Gasteiger partial charge is 0.491 e. The summed E-state index contributed by atoms with van der Waals surface area (Å²) in [4.78, 5) is 0. The van der Waals surface area contributed by atoms with E-state index in [1.54, 1.807) is 0 Å². The fraction of sp³-hybridized carbons (Fsp3) is 0.333. The van der Waals surface area contributed by atoms with Crippen LogP contribution in [-0.4, -0.2) is 12.6 Å². The van der Waals surface area contributed by atoms with E-state index in [4.69, 9.17) is 10.5 Å². The van der Waals surface area contributed by atoms with Gasteiger partial charge >= 0.3 is 0 Å². The third kappa shape index (κ3) is 3.61. The van der Waals surface area contributed by atoms with Gasteiger partial charge in [-0.2, -0.15) is 0 Å². The zero-order valence-corrected chi connectivity index (χ0v) is 12.3. The van der Waals surface area contributed by atoms with Gasteiger partial charge in [0.1, 0.15) is 12.4 Å². The van der Waals surface area contributed by atoms with Gasteiger partial charge in [-0.15, -0.1) is 0 Å². The zero-order chi connectivity index (χ0) is 14.4. The second kappa shape index (κ2) is 7.11. The molecule has 0 fully saturated rings. The first-order chi connectivity index (χ1) is 9.72. The summed E-state index contributed by atoms with van der Waals surface area (Å²) in [5.41, 5.74) is 8.42. The lowest BCUT2D eigenvalue weighted by atomic mass is 10.0. The molecule has 0 amide bonds. The highest BCUT2D eigenvalue weighted by Crippen LogP contribution is 2.29. The number of nitrogens with two attached hydrogens (primary N) is 1. The van der Waals surface area contributed by atoms with Gasteiger partial charge in [0.25, 0.3) is 0 Å². The van der Waals surface area contributed by atoms with E-state index in [9.17, 15) is 0 Å². The molecule has 0 aliphatic carbocycles. The van der Waals surface area contributed by atoms with E-state index >= 15 is 0 Å². The number of ether oxygens (including phenoxy) is 1. The molecule has 106 valence electrons. The van der Waals surface area contributed by atoms with Crippen molar-refractivity contribution in [2.24, 2.45) is 11.7 Å². The van der Waals surface area contributed by atoms with Crippen LogP contribution in [0.2, 0.25) is 0 Å². The molecule has 2 atom stereocenters. The molecule has 0 aliphatic heterocycles. The highest BCUT2D eigenvalue weighted by atomic mass is 16.5. The van der Waals surface area contributed by atoms with Crippen LogP contribution in [0.15, 0.2) is 54.6 Å². The molecule has 2 N–H and O–H groups in total. The van der Waals surface area contributed by atoms with Crippen LogP contribution in [-0.2, 0) is 0 Å². The summed E-state index contributed by atoms with van der Waals surface area (Å²) < 4.78 is 5.95. The zero-order valence-electron chi connectivity index (χ0n) is 12.3. The lowest BCUT2D eigenvalue weighted by Crippen LogP contribution is -2.34. The van der Waals surface area contributed by atoms with Crippen LogP contribution in [0.25, 0.3) is 11.1 Å². The van der Waals surface area contributed by atoms with Gasteiger partial charge in [-0.1, -0.05) is 68.8 Å². The van der Waals surface area contributed by atoms with Crippen LogP contribution in [0.5, 0.6) is 5.75 Å². The summed E-state index contributed by atoms with van der Waals surface area (Å²) >= 11 is 0. The van der Waals surface area contributed by atoms with Crippen molar-refractivity contribution in [1.82, 2.24) is 0 Å². The summed E-state index contributed by atoms with van der Waals surface area (Å²) in [7, 11) is 0. The number of hydrogen-bond acceptors (Lipinski definition) is 2. The standard InChI is InChI=1S/C18H23NO/c1-3-14(2)17(19)13-20-18-12-8-7-11-16(18)15-9-5-4-6-10-15/h4-12,14,17H,3,13,19H2,1-2H3. The average Bonchev–Trinajstić information content (AvgIpc) is 2.53. The van der Waals surface area contributed by atoms with Crippen LogP contribution < -0.4 is 10.5 Å². The molecule has 2 nitrogen and oxygen atoms in total. The Morgan fingerprint density at radius 3 is 2.35 bits per heavy atom. The molecular weight excluding hydrogens is 246 g/mol. The maximum atomic E-state index is 6.14. The molecule has 2 heteroatoms. The predicted octanol–water partition coefficient (Wildman–Crippen LogP) is 4.11. The molecule has 0 saturated carbocycles. The van der Waals surface area contributed by atoms with Crippen molar-refractivity contribution in [2.75, 3.05) is 6.61 Å². The van der Waals surface area contributed by atoms with E-state index in [1.165, 1.54) is 5.56 Å². The summed E-state index contributed by atoms with van der Waals surface area (Å²) in [5.74, 6) is 1.37. The van der Waals surface area contributed by atoms with Gasteiger partial charge in [-0.05, 0) is 17.5 Å². The minimum absolute atomic E-state index is 0.0730. The molecule has 0 radical (unpaired) electrons. The van der Waals surface area contributed by atoms with Crippen LogP contribution in [0.1, 0.15) is 20.3 Å². The molecule has 0 heterocycles. The van der Waals surface area contributed by atoms with E-state index in [-0.39, 0.29) is 6.04 Å². The highest BCUT2D eigenvalue weighted by molar-refractivity contribution is 5.70. The minimum atomic E-state index is 0.0730. The number of rotatable bonds is 6. The van der Waals surface area contributed by atoms with Gasteiger partial charge in [0, 0.05) is 11.6 Å². The summed E-state index contributed by atoms with van der Waals surface area (Å²) in [6, 6.07) is 18.5. The summed E-state index contributed by atoms with van der Waals surface area (Å²) in [6.45, 7) is 4.87. The topological polar surface area (TPSA) is 35.2 Å². The minimum Gasteiger partial charge on any atom is -0.491 e.